The molecule has 0 spiro atoms. The normalized spacial score (nSPS) is 12.0. The number of anilines is 1. The first-order valence-electron chi connectivity index (χ1n) is 8.84. The van der Waals surface area contributed by atoms with Crippen molar-refractivity contribution < 1.29 is 9.59 Å². The van der Waals surface area contributed by atoms with Crippen LogP contribution in [0.5, 0.6) is 0 Å². The summed E-state index contributed by atoms with van der Waals surface area (Å²) in [5.41, 5.74) is 6.91. The van der Waals surface area contributed by atoms with Crippen LogP contribution in [0.3, 0.4) is 0 Å². The number of nitrogens with one attached hydrogen (secondary N) is 1. The predicted octanol–water partition coefficient (Wildman–Crippen LogP) is 3.96. The molecule has 152 valence electrons. The fraction of sp³-hybridized carbons (Fsp3) is 0.263. The van der Waals surface area contributed by atoms with E-state index in [1.807, 2.05) is 35.1 Å². The Morgan fingerprint density at radius 2 is 2.14 bits per heavy atom. The van der Waals surface area contributed by atoms with E-state index in [1.54, 1.807) is 19.1 Å². The van der Waals surface area contributed by atoms with Crippen molar-refractivity contribution in [2.45, 2.75) is 37.2 Å². The number of nitrogens with two attached hydrogens (primary N) is 1. The number of carbonyl (C=O) groups is 2. The van der Waals surface area contributed by atoms with Crippen LogP contribution in [0.4, 0.5) is 5.69 Å². The van der Waals surface area contributed by atoms with E-state index in [9.17, 15) is 9.59 Å². The standard InChI is InChI=1S/C19H20ClN5O2S2/c1-11-5-6-13(20)10-14(11)22-18(27)12(2)29-19-24-23-17(15-4-3-9-28-15)25(19)8-7-16(21)26/h3-6,9-10,12H,7-8H2,1-2H3,(H2,21,26)(H,22,27)/t12-/m1/s1. The number of nitrogens with zero attached hydrogens (tertiary/aromatic N) is 3. The Morgan fingerprint density at radius 1 is 1.34 bits per heavy atom. The summed E-state index contributed by atoms with van der Waals surface area (Å²) in [6.07, 6.45) is 0.159. The van der Waals surface area contributed by atoms with Gasteiger partial charge >= 0.3 is 0 Å². The summed E-state index contributed by atoms with van der Waals surface area (Å²) in [4.78, 5) is 24.9. The number of primary amides is 1. The number of aryl methyl sites for hydroxylation is 1. The first-order chi connectivity index (χ1) is 13.8. The second-order valence-corrected chi connectivity index (χ2v) is 9.05. The van der Waals surface area contributed by atoms with Gasteiger partial charge in [0, 0.05) is 23.7 Å². The Labute approximate surface area is 181 Å². The minimum absolute atomic E-state index is 0.159. The zero-order valence-electron chi connectivity index (χ0n) is 15.9. The fourth-order valence-corrected chi connectivity index (χ4v) is 4.33. The summed E-state index contributed by atoms with van der Waals surface area (Å²) < 4.78 is 1.83. The highest BCUT2D eigenvalue weighted by molar-refractivity contribution is 8.00. The molecule has 0 bridgehead atoms. The van der Waals surface area contributed by atoms with Crippen molar-refractivity contribution in [2.75, 3.05) is 5.32 Å². The molecular formula is C19H20ClN5O2S2. The van der Waals surface area contributed by atoms with Gasteiger partial charge < -0.3 is 15.6 Å². The maximum Gasteiger partial charge on any atom is 0.237 e. The topological polar surface area (TPSA) is 103 Å². The number of hydrogen-bond donors (Lipinski definition) is 2. The van der Waals surface area contributed by atoms with Gasteiger partial charge in [-0.15, -0.1) is 21.5 Å². The number of benzene rings is 1. The third-order valence-electron chi connectivity index (χ3n) is 4.15. The lowest BCUT2D eigenvalue weighted by molar-refractivity contribution is -0.118. The number of amides is 2. The van der Waals surface area contributed by atoms with Gasteiger partial charge in [-0.3, -0.25) is 9.59 Å². The minimum Gasteiger partial charge on any atom is -0.370 e. The minimum atomic E-state index is -0.443. The highest BCUT2D eigenvalue weighted by atomic mass is 35.5. The number of thioether (sulfide) groups is 1. The van der Waals surface area contributed by atoms with Gasteiger partial charge in [-0.2, -0.15) is 0 Å². The molecule has 0 aliphatic rings. The highest BCUT2D eigenvalue weighted by Gasteiger charge is 2.22. The molecule has 2 heterocycles. The average Bonchev–Trinajstić information content (AvgIpc) is 3.32. The molecule has 29 heavy (non-hydrogen) atoms. The lowest BCUT2D eigenvalue weighted by atomic mass is 10.2. The van der Waals surface area contributed by atoms with Crippen LogP contribution in [-0.4, -0.2) is 31.8 Å². The van der Waals surface area contributed by atoms with E-state index in [0.717, 1.165) is 10.4 Å². The number of halogens is 1. The molecule has 0 fully saturated rings. The van der Waals surface area contributed by atoms with Crippen LogP contribution < -0.4 is 11.1 Å². The van der Waals surface area contributed by atoms with Crippen molar-refractivity contribution in [3.63, 3.8) is 0 Å². The van der Waals surface area contributed by atoms with Crippen molar-refractivity contribution in [3.8, 4) is 10.7 Å². The van der Waals surface area contributed by atoms with Gasteiger partial charge in [-0.1, -0.05) is 35.5 Å². The number of aromatic nitrogens is 3. The third kappa shape index (κ3) is 5.37. The summed E-state index contributed by atoms with van der Waals surface area (Å²) in [5, 5.41) is 14.0. The van der Waals surface area contributed by atoms with Crippen LogP contribution >= 0.6 is 34.7 Å². The van der Waals surface area contributed by atoms with Crippen LogP contribution in [-0.2, 0) is 16.1 Å². The second-order valence-electron chi connectivity index (χ2n) is 6.36. The Balaban J connectivity index is 1.78. The van der Waals surface area contributed by atoms with Gasteiger partial charge in [-0.25, -0.2) is 0 Å². The zero-order valence-corrected chi connectivity index (χ0v) is 18.3. The zero-order chi connectivity index (χ0) is 21.0. The van der Waals surface area contributed by atoms with Crippen molar-refractivity contribution >= 4 is 52.2 Å². The summed E-state index contributed by atoms with van der Waals surface area (Å²) >= 11 is 8.83. The van der Waals surface area contributed by atoms with Crippen molar-refractivity contribution in [1.29, 1.82) is 0 Å². The number of rotatable bonds is 8. The molecule has 0 radical (unpaired) electrons. The lowest BCUT2D eigenvalue weighted by Crippen LogP contribution is -2.23. The van der Waals surface area contributed by atoms with E-state index < -0.39 is 11.2 Å². The molecule has 0 aliphatic carbocycles. The monoisotopic (exact) mass is 449 g/mol. The molecule has 7 nitrogen and oxygen atoms in total. The van der Waals surface area contributed by atoms with Crippen LogP contribution in [0, 0.1) is 6.92 Å². The molecule has 2 amide bonds. The molecule has 1 atom stereocenters. The predicted molar refractivity (Wildman–Crippen MR) is 117 cm³/mol. The highest BCUT2D eigenvalue weighted by Crippen LogP contribution is 2.30. The molecule has 10 heteroatoms. The molecule has 3 rings (SSSR count). The van der Waals surface area contributed by atoms with Crippen molar-refractivity contribution in [1.82, 2.24) is 14.8 Å². The quantitative estimate of drug-likeness (QED) is 0.506. The van der Waals surface area contributed by atoms with Gasteiger partial charge in [-0.05, 0) is 43.0 Å². The van der Waals surface area contributed by atoms with Gasteiger partial charge in [0.25, 0.3) is 0 Å². The Hall–Kier alpha value is -2.36. The van der Waals surface area contributed by atoms with Crippen LogP contribution in [0.1, 0.15) is 18.9 Å². The van der Waals surface area contributed by atoms with Gasteiger partial charge in [0.15, 0.2) is 11.0 Å². The molecule has 0 saturated carbocycles. The van der Waals surface area contributed by atoms with Crippen molar-refractivity contribution in [2.24, 2.45) is 5.73 Å². The fourth-order valence-electron chi connectivity index (χ4n) is 2.56. The number of hydrogen-bond acceptors (Lipinski definition) is 6. The van der Waals surface area contributed by atoms with E-state index in [-0.39, 0.29) is 12.3 Å². The first kappa shape index (κ1) is 21.4. The van der Waals surface area contributed by atoms with E-state index >= 15 is 0 Å². The molecule has 0 saturated heterocycles. The molecular weight excluding hydrogens is 430 g/mol. The largest absolute Gasteiger partial charge is 0.370 e. The summed E-state index contributed by atoms with van der Waals surface area (Å²) in [7, 11) is 0. The Bertz CT molecular complexity index is 1020. The maximum atomic E-state index is 12.7. The van der Waals surface area contributed by atoms with Crippen LogP contribution in [0.15, 0.2) is 40.9 Å². The van der Waals surface area contributed by atoms with E-state index in [2.05, 4.69) is 15.5 Å². The molecule has 0 aliphatic heterocycles. The molecule has 3 aromatic rings. The first-order valence-corrected chi connectivity index (χ1v) is 11.0. The van der Waals surface area contributed by atoms with Crippen molar-refractivity contribution in [3.05, 3.63) is 46.3 Å². The number of carbonyl (C=O) groups excluding carboxylic acids is 2. The van der Waals surface area contributed by atoms with Crippen LogP contribution in [0.2, 0.25) is 5.02 Å². The molecule has 0 unspecified atom stereocenters. The van der Waals surface area contributed by atoms with Crippen LogP contribution in [0.25, 0.3) is 10.7 Å². The maximum absolute atomic E-state index is 12.7. The third-order valence-corrected chi connectivity index (χ3v) is 6.33. The van der Waals surface area contributed by atoms with Gasteiger partial charge in [0.05, 0.1) is 10.1 Å². The SMILES string of the molecule is Cc1ccc(Cl)cc1NC(=O)[C@@H](C)Sc1nnc(-c2cccs2)n1CCC(N)=O. The molecule has 1 aromatic carbocycles. The van der Waals surface area contributed by atoms with Gasteiger partial charge in [0.1, 0.15) is 0 Å². The number of thiophene rings is 1. The molecule has 3 N–H and O–H groups in total. The summed E-state index contributed by atoms with van der Waals surface area (Å²) in [5.74, 6) is 0.0681. The average molecular weight is 450 g/mol. The Kier molecular flexibility index (Phi) is 6.94. The smallest absolute Gasteiger partial charge is 0.237 e. The molecule has 2 aromatic heterocycles. The Morgan fingerprint density at radius 3 is 2.83 bits per heavy atom. The summed E-state index contributed by atoms with van der Waals surface area (Å²) in [6.45, 7) is 4.04. The van der Waals surface area contributed by atoms with Gasteiger partial charge in [0.2, 0.25) is 11.8 Å². The van der Waals surface area contributed by atoms with E-state index in [0.29, 0.717) is 28.2 Å². The van der Waals surface area contributed by atoms with E-state index in [1.165, 1.54) is 23.1 Å². The lowest BCUT2D eigenvalue weighted by Gasteiger charge is -2.14. The second kappa shape index (κ2) is 9.43. The van der Waals surface area contributed by atoms with E-state index in [4.69, 9.17) is 17.3 Å². The summed E-state index contributed by atoms with van der Waals surface area (Å²) in [6, 6.07) is 9.20.